The molecule has 0 bridgehead atoms. The Kier molecular flexibility index (Phi) is 4.86. The van der Waals surface area contributed by atoms with Crippen molar-refractivity contribution in [1.29, 1.82) is 0 Å². The SMILES string of the molecule is CCC(C(C)C)C(C(=O)O)c1cc(F)cc(F)c1N. The van der Waals surface area contributed by atoms with Crippen molar-refractivity contribution in [3.63, 3.8) is 0 Å². The van der Waals surface area contributed by atoms with Crippen LogP contribution < -0.4 is 5.73 Å². The van der Waals surface area contributed by atoms with Gasteiger partial charge in [0.1, 0.15) is 11.6 Å². The van der Waals surface area contributed by atoms with Crippen LogP contribution in [0.2, 0.25) is 0 Å². The average Bonchev–Trinajstić information content (AvgIpc) is 2.30. The molecule has 2 atom stereocenters. The Balaban J connectivity index is 3.38. The summed E-state index contributed by atoms with van der Waals surface area (Å²) in [4.78, 5) is 11.5. The van der Waals surface area contributed by atoms with Crippen LogP contribution in [0.5, 0.6) is 0 Å². The van der Waals surface area contributed by atoms with Gasteiger partial charge in [0.05, 0.1) is 11.6 Å². The van der Waals surface area contributed by atoms with E-state index in [0.717, 1.165) is 6.07 Å². The largest absolute Gasteiger partial charge is 0.481 e. The maximum Gasteiger partial charge on any atom is 0.311 e. The first kappa shape index (κ1) is 15.4. The lowest BCUT2D eigenvalue weighted by molar-refractivity contribution is -0.140. The number of nitrogen functional groups attached to an aromatic ring is 1. The normalized spacial score (nSPS) is 14.4. The number of rotatable bonds is 5. The summed E-state index contributed by atoms with van der Waals surface area (Å²) in [5.74, 6) is -4.02. The summed E-state index contributed by atoms with van der Waals surface area (Å²) < 4.78 is 26.8. The average molecular weight is 271 g/mol. The van der Waals surface area contributed by atoms with E-state index in [9.17, 15) is 18.7 Å². The van der Waals surface area contributed by atoms with E-state index in [1.54, 1.807) is 0 Å². The molecule has 0 spiro atoms. The predicted octanol–water partition coefficient (Wildman–Crippen LogP) is 3.40. The second-order valence-corrected chi connectivity index (χ2v) is 5.02. The third kappa shape index (κ3) is 3.22. The molecule has 0 saturated heterocycles. The molecule has 3 nitrogen and oxygen atoms in total. The van der Waals surface area contributed by atoms with Gasteiger partial charge >= 0.3 is 5.97 Å². The molecular formula is C14H19F2NO2. The Labute approximate surface area is 111 Å². The maximum atomic E-state index is 13.5. The molecule has 1 rings (SSSR count). The van der Waals surface area contributed by atoms with Crippen molar-refractivity contribution in [3.8, 4) is 0 Å². The van der Waals surface area contributed by atoms with Crippen LogP contribution in [0.25, 0.3) is 0 Å². The van der Waals surface area contributed by atoms with E-state index in [0.29, 0.717) is 12.5 Å². The first-order valence-corrected chi connectivity index (χ1v) is 6.26. The van der Waals surface area contributed by atoms with E-state index in [1.807, 2.05) is 20.8 Å². The molecule has 0 saturated carbocycles. The summed E-state index contributed by atoms with van der Waals surface area (Å²) >= 11 is 0. The minimum atomic E-state index is -1.11. The van der Waals surface area contributed by atoms with Gasteiger partial charge in [0.2, 0.25) is 0 Å². The van der Waals surface area contributed by atoms with Crippen LogP contribution in [0.15, 0.2) is 12.1 Å². The predicted molar refractivity (Wildman–Crippen MR) is 69.8 cm³/mol. The Hall–Kier alpha value is -1.65. The molecule has 0 aliphatic rings. The number of benzene rings is 1. The van der Waals surface area contributed by atoms with E-state index in [1.165, 1.54) is 0 Å². The number of anilines is 1. The molecular weight excluding hydrogens is 252 g/mol. The minimum absolute atomic E-state index is 0.0190. The molecule has 1 aromatic rings. The smallest absolute Gasteiger partial charge is 0.311 e. The number of carbonyl (C=O) groups is 1. The molecule has 0 radical (unpaired) electrons. The molecule has 19 heavy (non-hydrogen) atoms. The minimum Gasteiger partial charge on any atom is -0.481 e. The summed E-state index contributed by atoms with van der Waals surface area (Å²) in [6.45, 7) is 5.62. The molecule has 0 fully saturated rings. The summed E-state index contributed by atoms with van der Waals surface area (Å²) in [6, 6.07) is 1.68. The monoisotopic (exact) mass is 271 g/mol. The second-order valence-electron chi connectivity index (χ2n) is 5.02. The van der Waals surface area contributed by atoms with Crippen molar-refractivity contribution >= 4 is 11.7 Å². The molecule has 1 aromatic carbocycles. The molecule has 0 aromatic heterocycles. The van der Waals surface area contributed by atoms with Gasteiger partial charge in [0.15, 0.2) is 0 Å². The van der Waals surface area contributed by atoms with Crippen LogP contribution >= 0.6 is 0 Å². The number of hydrogen-bond donors (Lipinski definition) is 2. The Bertz CT molecular complexity index is 475. The van der Waals surface area contributed by atoms with E-state index in [4.69, 9.17) is 5.73 Å². The summed E-state index contributed by atoms with van der Waals surface area (Å²) in [5.41, 5.74) is 5.31. The molecule has 0 aliphatic heterocycles. The second kappa shape index (κ2) is 5.99. The molecule has 0 heterocycles. The standard InChI is InChI=1S/C14H19F2NO2/c1-4-9(7(2)3)12(14(18)19)10-5-8(15)6-11(16)13(10)17/h5-7,9,12H,4,17H2,1-3H3,(H,18,19). The lowest BCUT2D eigenvalue weighted by atomic mass is 9.77. The highest BCUT2D eigenvalue weighted by molar-refractivity contribution is 5.79. The lowest BCUT2D eigenvalue weighted by Gasteiger charge is -2.27. The van der Waals surface area contributed by atoms with Crippen molar-refractivity contribution < 1.29 is 18.7 Å². The lowest BCUT2D eigenvalue weighted by Crippen LogP contribution is -2.26. The Morgan fingerprint density at radius 1 is 1.37 bits per heavy atom. The van der Waals surface area contributed by atoms with E-state index in [2.05, 4.69) is 0 Å². The van der Waals surface area contributed by atoms with Gasteiger partial charge in [-0.25, -0.2) is 8.78 Å². The topological polar surface area (TPSA) is 63.3 Å². The molecule has 5 heteroatoms. The van der Waals surface area contributed by atoms with Gasteiger partial charge in [-0.2, -0.15) is 0 Å². The van der Waals surface area contributed by atoms with Crippen LogP contribution in [0.4, 0.5) is 14.5 Å². The van der Waals surface area contributed by atoms with Crippen molar-refractivity contribution in [2.75, 3.05) is 5.73 Å². The maximum absolute atomic E-state index is 13.5. The van der Waals surface area contributed by atoms with Crippen molar-refractivity contribution in [2.24, 2.45) is 11.8 Å². The third-order valence-electron chi connectivity index (χ3n) is 3.48. The van der Waals surface area contributed by atoms with Gasteiger partial charge in [0, 0.05) is 6.07 Å². The Morgan fingerprint density at radius 2 is 1.95 bits per heavy atom. The molecule has 2 unspecified atom stereocenters. The number of nitrogens with two attached hydrogens (primary N) is 1. The van der Waals surface area contributed by atoms with E-state index >= 15 is 0 Å². The number of aliphatic carboxylic acids is 1. The molecule has 0 aliphatic carbocycles. The zero-order valence-corrected chi connectivity index (χ0v) is 11.3. The van der Waals surface area contributed by atoms with E-state index < -0.39 is 23.5 Å². The fraction of sp³-hybridized carbons (Fsp3) is 0.500. The summed E-state index contributed by atoms with van der Waals surface area (Å²) in [6.07, 6.45) is 0.589. The first-order chi connectivity index (χ1) is 8.79. The van der Waals surface area contributed by atoms with Gasteiger partial charge in [-0.1, -0.05) is 27.2 Å². The fourth-order valence-electron chi connectivity index (χ4n) is 2.50. The molecule has 0 amide bonds. The third-order valence-corrected chi connectivity index (χ3v) is 3.48. The van der Waals surface area contributed by atoms with Gasteiger partial charge < -0.3 is 10.8 Å². The Morgan fingerprint density at radius 3 is 2.37 bits per heavy atom. The highest BCUT2D eigenvalue weighted by Crippen LogP contribution is 2.37. The zero-order valence-electron chi connectivity index (χ0n) is 11.3. The van der Waals surface area contributed by atoms with Gasteiger partial charge in [-0.05, 0) is 23.5 Å². The molecule has 106 valence electrons. The number of carboxylic acid groups (broad SMARTS) is 1. The highest BCUT2D eigenvalue weighted by atomic mass is 19.1. The summed E-state index contributed by atoms with van der Waals surface area (Å²) in [7, 11) is 0. The summed E-state index contributed by atoms with van der Waals surface area (Å²) in [5, 5.41) is 9.38. The zero-order chi connectivity index (χ0) is 14.7. The van der Waals surface area contributed by atoms with Crippen molar-refractivity contribution in [3.05, 3.63) is 29.3 Å². The van der Waals surface area contributed by atoms with Gasteiger partial charge in [-0.3, -0.25) is 4.79 Å². The quantitative estimate of drug-likeness (QED) is 0.807. The first-order valence-electron chi connectivity index (χ1n) is 6.26. The highest BCUT2D eigenvalue weighted by Gasteiger charge is 2.33. The van der Waals surface area contributed by atoms with Crippen LogP contribution in [0.1, 0.15) is 38.7 Å². The number of carboxylic acids is 1. The van der Waals surface area contributed by atoms with Gasteiger partial charge in [0.25, 0.3) is 0 Å². The van der Waals surface area contributed by atoms with Crippen LogP contribution in [-0.4, -0.2) is 11.1 Å². The van der Waals surface area contributed by atoms with Crippen LogP contribution in [0.3, 0.4) is 0 Å². The van der Waals surface area contributed by atoms with E-state index in [-0.39, 0.29) is 23.1 Å². The van der Waals surface area contributed by atoms with Crippen LogP contribution in [0, 0.1) is 23.5 Å². The van der Waals surface area contributed by atoms with Crippen LogP contribution in [-0.2, 0) is 4.79 Å². The van der Waals surface area contributed by atoms with Gasteiger partial charge in [-0.15, -0.1) is 0 Å². The van der Waals surface area contributed by atoms with Crippen molar-refractivity contribution in [2.45, 2.75) is 33.1 Å². The number of halogens is 2. The fourth-order valence-corrected chi connectivity index (χ4v) is 2.50. The van der Waals surface area contributed by atoms with Crippen molar-refractivity contribution in [1.82, 2.24) is 0 Å². The molecule has 3 N–H and O–H groups in total. The number of hydrogen-bond acceptors (Lipinski definition) is 2.